The average molecular weight is 421 g/mol. The summed E-state index contributed by atoms with van der Waals surface area (Å²) in [6.45, 7) is 0.390. The van der Waals surface area contributed by atoms with Gasteiger partial charge in [-0.2, -0.15) is 0 Å². The number of ether oxygens (including phenoxy) is 4. The second-order valence-corrected chi connectivity index (χ2v) is 7.80. The minimum Gasteiger partial charge on any atom is -0.493 e. The molecule has 31 heavy (non-hydrogen) atoms. The Morgan fingerprint density at radius 1 is 0.742 bits per heavy atom. The standard InChI is InChI=1S/C24H23NO6/c1-28-18-7-12-13-8-19(29-2)21(31-4)10-15(13)23-16(14(12)9-20(18)30-3)11-25-17(24(23)27)5-6-22(25)26/h7-10,17H,5-6,11H2,1-4H3/t17-/m0/s1. The van der Waals surface area contributed by atoms with Crippen molar-refractivity contribution in [3.63, 3.8) is 0 Å². The summed E-state index contributed by atoms with van der Waals surface area (Å²) in [7, 11) is 6.33. The molecule has 0 aliphatic carbocycles. The summed E-state index contributed by atoms with van der Waals surface area (Å²) in [5.41, 5.74) is 1.47. The van der Waals surface area contributed by atoms with Gasteiger partial charge in [0.2, 0.25) is 5.91 Å². The predicted molar refractivity (Wildman–Crippen MR) is 116 cm³/mol. The lowest BCUT2D eigenvalue weighted by molar-refractivity contribution is -0.129. The molecule has 1 atom stereocenters. The zero-order valence-electron chi connectivity index (χ0n) is 17.9. The van der Waals surface area contributed by atoms with Crippen LogP contribution >= 0.6 is 0 Å². The minimum absolute atomic E-state index is 0.0186. The number of carbonyl (C=O) groups is 2. The molecule has 7 heteroatoms. The molecule has 0 radical (unpaired) electrons. The molecule has 1 saturated heterocycles. The van der Waals surface area contributed by atoms with Crippen LogP contribution in [0.3, 0.4) is 0 Å². The molecule has 1 amide bonds. The van der Waals surface area contributed by atoms with Gasteiger partial charge < -0.3 is 23.8 Å². The molecule has 0 unspecified atom stereocenters. The Kier molecular flexibility index (Phi) is 4.43. The van der Waals surface area contributed by atoms with Gasteiger partial charge in [-0.25, -0.2) is 0 Å². The van der Waals surface area contributed by atoms with E-state index >= 15 is 0 Å². The molecule has 0 saturated carbocycles. The Bertz CT molecular complexity index is 1260. The van der Waals surface area contributed by atoms with Crippen molar-refractivity contribution in [3.8, 4) is 23.0 Å². The number of benzene rings is 3. The van der Waals surface area contributed by atoms with Gasteiger partial charge in [-0.15, -0.1) is 0 Å². The Morgan fingerprint density at radius 2 is 1.23 bits per heavy atom. The van der Waals surface area contributed by atoms with E-state index in [1.54, 1.807) is 33.3 Å². The fourth-order valence-corrected chi connectivity index (χ4v) is 4.94. The molecule has 2 heterocycles. The van der Waals surface area contributed by atoms with Gasteiger partial charge in [0.25, 0.3) is 0 Å². The monoisotopic (exact) mass is 421 g/mol. The highest BCUT2D eigenvalue weighted by molar-refractivity contribution is 6.23. The van der Waals surface area contributed by atoms with Crippen LogP contribution in [-0.2, 0) is 11.3 Å². The summed E-state index contributed by atoms with van der Waals surface area (Å²) >= 11 is 0. The van der Waals surface area contributed by atoms with Crippen molar-refractivity contribution >= 4 is 33.2 Å². The van der Waals surface area contributed by atoms with Gasteiger partial charge in [0.1, 0.15) is 0 Å². The molecule has 0 bridgehead atoms. The maximum absolute atomic E-state index is 13.6. The predicted octanol–water partition coefficient (Wildman–Crippen LogP) is 3.71. The van der Waals surface area contributed by atoms with Gasteiger partial charge in [-0.05, 0) is 57.8 Å². The lowest BCUT2D eigenvalue weighted by Gasteiger charge is -2.32. The maximum Gasteiger partial charge on any atom is 0.223 e. The van der Waals surface area contributed by atoms with E-state index in [4.69, 9.17) is 18.9 Å². The summed E-state index contributed by atoms with van der Waals surface area (Å²) in [6.07, 6.45) is 0.949. The van der Waals surface area contributed by atoms with Crippen LogP contribution in [0, 0.1) is 0 Å². The van der Waals surface area contributed by atoms with E-state index in [1.807, 2.05) is 24.3 Å². The number of hydrogen-bond acceptors (Lipinski definition) is 6. The van der Waals surface area contributed by atoms with Crippen molar-refractivity contribution in [2.75, 3.05) is 28.4 Å². The second-order valence-electron chi connectivity index (χ2n) is 7.80. The zero-order valence-corrected chi connectivity index (χ0v) is 17.9. The van der Waals surface area contributed by atoms with Crippen molar-refractivity contribution in [2.24, 2.45) is 0 Å². The lowest BCUT2D eigenvalue weighted by atomic mass is 9.84. The van der Waals surface area contributed by atoms with E-state index in [2.05, 4.69) is 0 Å². The smallest absolute Gasteiger partial charge is 0.223 e. The fourth-order valence-electron chi connectivity index (χ4n) is 4.94. The van der Waals surface area contributed by atoms with Crippen LogP contribution in [0.2, 0.25) is 0 Å². The highest BCUT2D eigenvalue weighted by Gasteiger charge is 2.42. The first kappa shape index (κ1) is 19.5. The van der Waals surface area contributed by atoms with Crippen LogP contribution in [0.4, 0.5) is 0 Å². The molecule has 3 aromatic rings. The molecule has 2 aliphatic heterocycles. The summed E-state index contributed by atoms with van der Waals surface area (Å²) in [5, 5.41) is 3.40. The number of methoxy groups -OCH3 is 4. The summed E-state index contributed by atoms with van der Waals surface area (Å²) < 4.78 is 22.1. The molecular weight excluding hydrogens is 398 g/mol. The molecule has 0 aromatic heterocycles. The highest BCUT2D eigenvalue weighted by Crippen LogP contribution is 2.46. The lowest BCUT2D eigenvalue weighted by Crippen LogP contribution is -2.42. The number of carbonyl (C=O) groups excluding carboxylic acids is 2. The third-order valence-electron chi connectivity index (χ3n) is 6.44. The van der Waals surface area contributed by atoms with E-state index in [9.17, 15) is 9.59 Å². The summed E-state index contributed by atoms with van der Waals surface area (Å²) in [4.78, 5) is 27.8. The number of amides is 1. The third-order valence-corrected chi connectivity index (χ3v) is 6.44. The molecule has 0 spiro atoms. The zero-order chi connectivity index (χ0) is 21.9. The van der Waals surface area contributed by atoms with Crippen molar-refractivity contribution in [1.82, 2.24) is 4.90 Å². The van der Waals surface area contributed by atoms with Gasteiger partial charge >= 0.3 is 0 Å². The van der Waals surface area contributed by atoms with E-state index in [1.165, 1.54) is 0 Å². The summed E-state index contributed by atoms with van der Waals surface area (Å²) in [5.74, 6) is 2.27. The van der Waals surface area contributed by atoms with E-state index in [0.717, 1.165) is 27.1 Å². The Labute approximate surface area is 179 Å². The van der Waals surface area contributed by atoms with Gasteiger partial charge in [0.05, 0.1) is 34.5 Å². The van der Waals surface area contributed by atoms with Crippen molar-refractivity contribution < 1.29 is 28.5 Å². The molecule has 5 rings (SSSR count). The first-order valence-electron chi connectivity index (χ1n) is 10.1. The van der Waals surface area contributed by atoms with E-state index in [0.29, 0.717) is 47.9 Å². The number of hydrogen-bond donors (Lipinski definition) is 0. The minimum atomic E-state index is -0.408. The molecule has 0 N–H and O–H groups in total. The van der Waals surface area contributed by atoms with Crippen LogP contribution < -0.4 is 18.9 Å². The number of rotatable bonds is 4. The first-order valence-corrected chi connectivity index (χ1v) is 10.1. The van der Waals surface area contributed by atoms with Crippen LogP contribution in [0.1, 0.15) is 28.8 Å². The SMILES string of the molecule is COc1cc2c3c(c4cc(OC)c(OC)cc4c2cc1OC)C(=O)[C@@H]1CCC(=O)N1C3. The third kappa shape index (κ3) is 2.65. The van der Waals surface area contributed by atoms with Crippen molar-refractivity contribution in [1.29, 1.82) is 0 Å². The number of Topliss-reactive ketones (excluding diaryl/α,β-unsaturated/α-hetero) is 1. The molecular formula is C24H23NO6. The Hall–Kier alpha value is -3.48. The van der Waals surface area contributed by atoms with E-state index < -0.39 is 6.04 Å². The van der Waals surface area contributed by atoms with Crippen LogP contribution in [0.15, 0.2) is 24.3 Å². The quantitative estimate of drug-likeness (QED) is 0.598. The molecule has 160 valence electrons. The number of fused-ring (bicyclic) bond motifs is 7. The molecule has 7 nitrogen and oxygen atoms in total. The topological polar surface area (TPSA) is 74.3 Å². The van der Waals surface area contributed by atoms with Gasteiger partial charge in [0, 0.05) is 18.5 Å². The fraction of sp³-hybridized carbons (Fsp3) is 0.333. The van der Waals surface area contributed by atoms with Gasteiger partial charge in [-0.3, -0.25) is 9.59 Å². The number of ketones is 1. The normalized spacial score (nSPS) is 17.7. The maximum atomic E-state index is 13.6. The Balaban J connectivity index is 1.95. The summed E-state index contributed by atoms with van der Waals surface area (Å²) in [6, 6.07) is 7.13. The van der Waals surface area contributed by atoms with E-state index in [-0.39, 0.29) is 11.7 Å². The van der Waals surface area contributed by atoms with Crippen molar-refractivity contribution in [2.45, 2.75) is 25.4 Å². The molecule has 2 aliphatic rings. The van der Waals surface area contributed by atoms with Gasteiger partial charge in [-0.1, -0.05) is 0 Å². The van der Waals surface area contributed by atoms with Crippen molar-refractivity contribution in [3.05, 3.63) is 35.4 Å². The Morgan fingerprint density at radius 3 is 1.77 bits per heavy atom. The molecule has 3 aromatic carbocycles. The highest BCUT2D eigenvalue weighted by atomic mass is 16.5. The van der Waals surface area contributed by atoms with Gasteiger partial charge in [0.15, 0.2) is 28.8 Å². The van der Waals surface area contributed by atoms with Crippen LogP contribution in [0.25, 0.3) is 21.5 Å². The second kappa shape index (κ2) is 7.04. The molecule has 1 fully saturated rings. The largest absolute Gasteiger partial charge is 0.493 e. The number of nitrogens with zero attached hydrogens (tertiary/aromatic N) is 1. The average Bonchev–Trinajstić information content (AvgIpc) is 3.18. The van der Waals surface area contributed by atoms with Crippen LogP contribution in [-0.4, -0.2) is 51.1 Å². The van der Waals surface area contributed by atoms with Crippen LogP contribution in [0.5, 0.6) is 23.0 Å². The first-order chi connectivity index (χ1) is 15.0.